The van der Waals surface area contributed by atoms with E-state index in [2.05, 4.69) is 14.7 Å². The van der Waals surface area contributed by atoms with E-state index < -0.39 is 24.7 Å². The molecule has 8 nitrogen and oxygen atoms in total. The normalized spacial score (nSPS) is 11.8. The molecule has 4 aromatic rings. The van der Waals surface area contributed by atoms with Crippen molar-refractivity contribution in [3.05, 3.63) is 35.8 Å². The molecule has 154 valence electrons. The number of halogens is 3. The standard InChI is InChI=1S/C18H12F3N5O3S/c19-18(20,21)16(28)29-12(27)7-26-4-3-8-13-10(24-17(23)25-15(13)22)6-9(14(8)26)11-2-1-5-30-11/h1-6H,7H2,(H4,22,23,24,25). The lowest BCUT2D eigenvalue weighted by molar-refractivity contribution is -0.202. The maximum atomic E-state index is 12.4. The van der Waals surface area contributed by atoms with Crippen LogP contribution in [0.15, 0.2) is 35.8 Å². The Hall–Kier alpha value is -3.67. The van der Waals surface area contributed by atoms with Crippen LogP contribution in [-0.2, 0) is 20.9 Å². The van der Waals surface area contributed by atoms with Gasteiger partial charge in [0.1, 0.15) is 12.4 Å². The number of nitrogens with two attached hydrogens (primary N) is 2. The Kier molecular flexibility index (Phi) is 4.57. The molecule has 0 atom stereocenters. The molecule has 12 heteroatoms. The molecule has 0 unspecified atom stereocenters. The number of aromatic nitrogens is 3. The molecule has 4 rings (SSSR count). The molecule has 3 heterocycles. The topological polar surface area (TPSA) is 126 Å². The van der Waals surface area contributed by atoms with Gasteiger partial charge in [-0.05, 0) is 23.6 Å². The lowest BCUT2D eigenvalue weighted by atomic mass is 10.0. The highest BCUT2D eigenvalue weighted by atomic mass is 32.1. The van der Waals surface area contributed by atoms with E-state index in [1.165, 1.54) is 22.1 Å². The Morgan fingerprint density at radius 1 is 1.20 bits per heavy atom. The Balaban J connectivity index is 1.87. The second kappa shape index (κ2) is 6.99. The average molecular weight is 435 g/mol. The third-order valence-electron chi connectivity index (χ3n) is 4.28. The highest BCUT2D eigenvalue weighted by Crippen LogP contribution is 2.38. The molecule has 0 amide bonds. The van der Waals surface area contributed by atoms with Crippen molar-refractivity contribution in [2.45, 2.75) is 12.7 Å². The predicted molar refractivity (Wildman–Crippen MR) is 104 cm³/mol. The minimum absolute atomic E-state index is 0.00912. The first-order valence-electron chi connectivity index (χ1n) is 8.35. The van der Waals surface area contributed by atoms with E-state index >= 15 is 0 Å². The number of hydrogen-bond donors (Lipinski definition) is 2. The van der Waals surface area contributed by atoms with E-state index in [1.54, 1.807) is 12.1 Å². The number of carbonyl (C=O) groups excluding carboxylic acids is 2. The third kappa shape index (κ3) is 3.41. The number of thiophene rings is 1. The predicted octanol–water partition coefficient (Wildman–Crippen LogP) is 3.11. The van der Waals surface area contributed by atoms with Crippen LogP contribution in [0.5, 0.6) is 0 Å². The number of benzene rings is 1. The largest absolute Gasteiger partial charge is 0.491 e. The quantitative estimate of drug-likeness (QED) is 0.374. The first kappa shape index (κ1) is 19.6. The van der Waals surface area contributed by atoms with Crippen LogP contribution < -0.4 is 11.5 Å². The summed E-state index contributed by atoms with van der Waals surface area (Å²) in [5, 5.41) is 2.90. The fourth-order valence-electron chi connectivity index (χ4n) is 3.16. The summed E-state index contributed by atoms with van der Waals surface area (Å²) in [5.74, 6) is -3.81. The van der Waals surface area contributed by atoms with Crippen LogP contribution in [0.1, 0.15) is 0 Å². The average Bonchev–Trinajstić information content (AvgIpc) is 3.30. The summed E-state index contributed by atoms with van der Waals surface area (Å²) in [6.45, 7) is -0.620. The summed E-state index contributed by atoms with van der Waals surface area (Å²) >= 11 is 1.41. The highest BCUT2D eigenvalue weighted by molar-refractivity contribution is 7.13. The smallest absolute Gasteiger partial charge is 0.385 e. The molecule has 3 aromatic heterocycles. The number of nitrogen functional groups attached to an aromatic ring is 2. The maximum absolute atomic E-state index is 12.4. The van der Waals surface area contributed by atoms with E-state index in [9.17, 15) is 22.8 Å². The highest BCUT2D eigenvalue weighted by Gasteiger charge is 2.42. The summed E-state index contributed by atoms with van der Waals surface area (Å²) in [5.41, 5.74) is 13.4. The molecule has 4 N–H and O–H groups in total. The van der Waals surface area contributed by atoms with Gasteiger partial charge in [-0.15, -0.1) is 11.3 Å². The van der Waals surface area contributed by atoms with Crippen LogP contribution in [0.2, 0.25) is 0 Å². The van der Waals surface area contributed by atoms with Crippen molar-refractivity contribution in [2.24, 2.45) is 0 Å². The summed E-state index contributed by atoms with van der Waals surface area (Å²) in [6, 6.07) is 6.99. The zero-order valence-electron chi connectivity index (χ0n) is 14.9. The van der Waals surface area contributed by atoms with Crippen molar-refractivity contribution in [1.82, 2.24) is 14.5 Å². The number of alkyl halides is 3. The Labute approximate surface area is 169 Å². The molecule has 0 saturated heterocycles. The van der Waals surface area contributed by atoms with E-state index in [-0.39, 0.29) is 11.8 Å². The van der Waals surface area contributed by atoms with Gasteiger partial charge in [-0.1, -0.05) is 6.07 Å². The fourth-order valence-corrected chi connectivity index (χ4v) is 3.90. The second-order valence-electron chi connectivity index (χ2n) is 6.23. The number of hydrogen-bond acceptors (Lipinski definition) is 8. The van der Waals surface area contributed by atoms with E-state index in [4.69, 9.17) is 11.5 Å². The number of esters is 2. The van der Waals surface area contributed by atoms with Crippen molar-refractivity contribution in [2.75, 3.05) is 11.5 Å². The molecule has 0 radical (unpaired) electrons. The summed E-state index contributed by atoms with van der Waals surface area (Å²) < 4.78 is 42.4. The van der Waals surface area contributed by atoms with Gasteiger partial charge in [0.2, 0.25) is 5.95 Å². The number of carbonyl (C=O) groups is 2. The number of nitrogens with zero attached hydrogens (tertiary/aromatic N) is 3. The Morgan fingerprint density at radius 3 is 2.63 bits per heavy atom. The van der Waals surface area contributed by atoms with Gasteiger partial charge >= 0.3 is 18.1 Å². The van der Waals surface area contributed by atoms with E-state index in [0.717, 1.165) is 4.88 Å². The first-order chi connectivity index (χ1) is 14.1. The summed E-state index contributed by atoms with van der Waals surface area (Å²) in [4.78, 5) is 31.9. The molecule has 0 aliphatic rings. The maximum Gasteiger partial charge on any atom is 0.491 e. The third-order valence-corrected chi connectivity index (χ3v) is 5.18. The first-order valence-corrected chi connectivity index (χ1v) is 9.23. The molecule has 0 saturated carbocycles. The Morgan fingerprint density at radius 2 is 1.97 bits per heavy atom. The molecule has 0 fully saturated rings. The van der Waals surface area contributed by atoms with Crippen LogP contribution in [-0.4, -0.2) is 32.6 Å². The van der Waals surface area contributed by atoms with Gasteiger partial charge in [-0.25, -0.2) is 14.6 Å². The van der Waals surface area contributed by atoms with Gasteiger partial charge in [-0.2, -0.15) is 18.2 Å². The van der Waals surface area contributed by atoms with Crippen molar-refractivity contribution >= 4 is 56.8 Å². The molecule has 30 heavy (non-hydrogen) atoms. The molecule has 0 aliphatic carbocycles. The van der Waals surface area contributed by atoms with Gasteiger partial charge in [0.05, 0.1) is 16.4 Å². The van der Waals surface area contributed by atoms with Gasteiger partial charge in [0.15, 0.2) is 0 Å². The van der Waals surface area contributed by atoms with Crippen LogP contribution in [0, 0.1) is 0 Å². The number of fused-ring (bicyclic) bond motifs is 3. The zero-order chi connectivity index (χ0) is 21.6. The number of ether oxygens (including phenoxy) is 1. The summed E-state index contributed by atoms with van der Waals surface area (Å²) in [7, 11) is 0. The van der Waals surface area contributed by atoms with Crippen molar-refractivity contribution in [3.63, 3.8) is 0 Å². The van der Waals surface area contributed by atoms with Crippen molar-refractivity contribution in [3.8, 4) is 10.4 Å². The fraction of sp³-hybridized carbons (Fsp3) is 0.111. The van der Waals surface area contributed by atoms with Crippen LogP contribution >= 0.6 is 11.3 Å². The van der Waals surface area contributed by atoms with Crippen LogP contribution in [0.25, 0.3) is 32.2 Å². The number of anilines is 2. The SMILES string of the molecule is Nc1nc(N)c2c(cc(-c3cccs3)c3c2ccn3CC(=O)OC(=O)C(F)(F)F)n1. The lowest BCUT2D eigenvalue weighted by Gasteiger charge is -2.12. The zero-order valence-corrected chi connectivity index (χ0v) is 15.8. The number of rotatable bonds is 3. The molecule has 0 bridgehead atoms. The molecule has 1 aromatic carbocycles. The van der Waals surface area contributed by atoms with Crippen LogP contribution in [0.4, 0.5) is 24.9 Å². The van der Waals surface area contributed by atoms with Gasteiger partial charge in [-0.3, -0.25) is 0 Å². The van der Waals surface area contributed by atoms with Gasteiger partial charge in [0, 0.05) is 22.0 Å². The summed E-state index contributed by atoms with van der Waals surface area (Å²) in [6.07, 6.45) is -3.78. The van der Waals surface area contributed by atoms with E-state index in [0.29, 0.717) is 27.4 Å². The Bertz CT molecular complexity index is 1300. The molecule has 0 spiro atoms. The molecular formula is C18H12F3N5O3S. The minimum Gasteiger partial charge on any atom is -0.385 e. The lowest BCUT2D eigenvalue weighted by Crippen LogP contribution is -2.29. The molecular weight excluding hydrogens is 423 g/mol. The van der Waals surface area contributed by atoms with Crippen molar-refractivity contribution in [1.29, 1.82) is 0 Å². The van der Waals surface area contributed by atoms with Crippen molar-refractivity contribution < 1.29 is 27.5 Å². The minimum atomic E-state index is -5.27. The molecule has 0 aliphatic heterocycles. The van der Waals surface area contributed by atoms with Gasteiger partial charge in [0.25, 0.3) is 0 Å². The van der Waals surface area contributed by atoms with E-state index in [1.807, 2.05) is 17.5 Å². The monoisotopic (exact) mass is 435 g/mol. The van der Waals surface area contributed by atoms with Crippen LogP contribution in [0.3, 0.4) is 0 Å². The van der Waals surface area contributed by atoms with Gasteiger partial charge < -0.3 is 20.8 Å². The second-order valence-corrected chi connectivity index (χ2v) is 7.18.